The Morgan fingerprint density at radius 1 is 0.762 bits per heavy atom. The van der Waals surface area contributed by atoms with E-state index in [1.54, 1.807) is 0 Å². The van der Waals surface area contributed by atoms with Crippen LogP contribution in [0.4, 0.5) is 0 Å². The van der Waals surface area contributed by atoms with Crippen LogP contribution in [-0.2, 0) is 19.1 Å². The molecule has 0 heterocycles. The van der Waals surface area contributed by atoms with Gasteiger partial charge in [0.05, 0.1) is 25.0 Å². The molecule has 0 aromatic rings. The van der Waals surface area contributed by atoms with Crippen molar-refractivity contribution in [3.05, 3.63) is 0 Å². The molecule has 0 saturated carbocycles. The quantitative estimate of drug-likeness (QED) is 0.351. The molecule has 4 nitrogen and oxygen atoms in total. The van der Waals surface area contributed by atoms with Gasteiger partial charge in [0.25, 0.3) is 0 Å². The zero-order valence-corrected chi connectivity index (χ0v) is 17.4. The summed E-state index contributed by atoms with van der Waals surface area (Å²) in [6.45, 7) is 12.7. The number of hydrogen-bond donors (Lipinski definition) is 0. The second-order valence-corrected chi connectivity index (χ2v) is 5.35. The zero-order valence-electron chi connectivity index (χ0n) is 14.5. The van der Waals surface area contributed by atoms with Crippen LogP contribution in [-0.4, -0.2) is 49.1 Å². The van der Waals surface area contributed by atoms with Crippen LogP contribution in [0.15, 0.2) is 0 Å². The van der Waals surface area contributed by atoms with Crippen molar-refractivity contribution in [3.63, 3.8) is 0 Å². The Kier molecular flexibility index (Phi) is 21.8. The number of unbranched alkanes of at least 4 members (excludes halogenated alkanes) is 2. The Bertz CT molecular complexity index is 227. The van der Waals surface area contributed by atoms with Gasteiger partial charge in [0, 0.05) is 23.9 Å². The Hall–Kier alpha value is -0.261. The Morgan fingerprint density at radius 3 is 1.24 bits per heavy atom. The number of esters is 2. The third-order valence-electron chi connectivity index (χ3n) is 2.43. The molecule has 0 unspecified atom stereocenters. The van der Waals surface area contributed by atoms with Gasteiger partial charge >= 0.3 is 11.9 Å². The summed E-state index contributed by atoms with van der Waals surface area (Å²) in [6, 6.07) is 0. The molecule has 0 aliphatic rings. The second kappa shape index (κ2) is 17.8. The van der Waals surface area contributed by atoms with Gasteiger partial charge in [0.15, 0.2) is 0 Å². The van der Waals surface area contributed by atoms with E-state index in [4.69, 9.17) is 9.47 Å². The van der Waals surface area contributed by atoms with E-state index in [1.165, 1.54) is 0 Å². The zero-order chi connectivity index (χ0) is 16.0. The van der Waals surface area contributed by atoms with E-state index >= 15 is 0 Å². The van der Waals surface area contributed by atoms with Gasteiger partial charge < -0.3 is 9.47 Å². The summed E-state index contributed by atoms with van der Waals surface area (Å²) in [7, 11) is 0. The fraction of sp³-hybridized carbons (Fsp3) is 0.875. The van der Waals surface area contributed by atoms with Crippen molar-refractivity contribution in [2.75, 3.05) is 13.2 Å². The van der Waals surface area contributed by atoms with Crippen molar-refractivity contribution in [2.24, 2.45) is 11.8 Å². The molecule has 0 saturated heterocycles. The summed E-state index contributed by atoms with van der Waals surface area (Å²) in [6.07, 6.45) is 4.09. The van der Waals surface area contributed by atoms with Crippen LogP contribution in [0.25, 0.3) is 0 Å². The second-order valence-electron chi connectivity index (χ2n) is 5.35. The molecular formula is C16H32O4Sn. The summed E-state index contributed by atoms with van der Waals surface area (Å²) in [5.74, 6) is -0.157. The third kappa shape index (κ3) is 19.7. The van der Waals surface area contributed by atoms with Gasteiger partial charge in [-0.1, -0.05) is 54.4 Å². The summed E-state index contributed by atoms with van der Waals surface area (Å²) < 4.78 is 9.81. The number of rotatable bonds is 8. The molecule has 0 fully saturated rings. The molecule has 0 atom stereocenters. The SMILES string of the molecule is CCCCOC(=O)C(C)C.CCCCOC(=O)C(C)C.[Sn]. The van der Waals surface area contributed by atoms with Crippen molar-refractivity contribution in [3.8, 4) is 0 Å². The van der Waals surface area contributed by atoms with E-state index in [-0.39, 0.29) is 47.7 Å². The molecule has 0 spiro atoms. The monoisotopic (exact) mass is 408 g/mol. The average molecular weight is 407 g/mol. The van der Waals surface area contributed by atoms with Crippen LogP contribution in [0, 0.1) is 11.8 Å². The summed E-state index contributed by atoms with van der Waals surface area (Å²) in [5.41, 5.74) is 0. The fourth-order valence-corrected chi connectivity index (χ4v) is 0.968. The molecule has 0 aromatic heterocycles. The van der Waals surface area contributed by atoms with E-state index in [2.05, 4.69) is 13.8 Å². The summed E-state index contributed by atoms with van der Waals surface area (Å²) in [5, 5.41) is 0. The Labute approximate surface area is 147 Å². The molecule has 4 radical (unpaired) electrons. The minimum Gasteiger partial charge on any atom is -0.465 e. The van der Waals surface area contributed by atoms with E-state index in [0.717, 1.165) is 25.7 Å². The van der Waals surface area contributed by atoms with Gasteiger partial charge in [0.1, 0.15) is 0 Å². The molecule has 0 aliphatic carbocycles. The van der Waals surface area contributed by atoms with Crippen molar-refractivity contribution in [1.82, 2.24) is 0 Å². The first-order chi connectivity index (χ1) is 9.36. The topological polar surface area (TPSA) is 52.6 Å². The van der Waals surface area contributed by atoms with E-state index < -0.39 is 0 Å². The average Bonchev–Trinajstić information content (AvgIpc) is 2.39. The first-order valence-electron chi connectivity index (χ1n) is 7.69. The maximum Gasteiger partial charge on any atom is 0.308 e. The van der Waals surface area contributed by atoms with Crippen LogP contribution in [0.2, 0.25) is 0 Å². The Morgan fingerprint density at radius 2 is 1.05 bits per heavy atom. The smallest absolute Gasteiger partial charge is 0.308 e. The van der Waals surface area contributed by atoms with E-state index in [1.807, 2.05) is 27.7 Å². The largest absolute Gasteiger partial charge is 0.465 e. The van der Waals surface area contributed by atoms with Gasteiger partial charge in [-0.25, -0.2) is 0 Å². The van der Waals surface area contributed by atoms with Crippen LogP contribution in [0.1, 0.15) is 67.2 Å². The Balaban J connectivity index is -0.000000295. The van der Waals surface area contributed by atoms with Gasteiger partial charge in [-0.15, -0.1) is 0 Å². The minimum atomic E-state index is -0.0894. The normalized spacial score (nSPS) is 9.52. The molecule has 0 aromatic carbocycles. The van der Waals surface area contributed by atoms with Crippen LogP contribution in [0.3, 0.4) is 0 Å². The van der Waals surface area contributed by atoms with Crippen molar-refractivity contribution < 1.29 is 19.1 Å². The maximum absolute atomic E-state index is 10.8. The van der Waals surface area contributed by atoms with Crippen LogP contribution < -0.4 is 0 Å². The molecule has 21 heavy (non-hydrogen) atoms. The molecule has 0 aliphatic heterocycles. The standard InChI is InChI=1S/2C8H16O2.Sn/c2*1-4-5-6-10-8(9)7(2)3;/h2*7H,4-6H2,1-3H3;. The number of carbonyl (C=O) groups is 2. The van der Waals surface area contributed by atoms with E-state index in [0.29, 0.717) is 13.2 Å². The van der Waals surface area contributed by atoms with Gasteiger partial charge in [-0.2, -0.15) is 0 Å². The molecule has 0 bridgehead atoms. The number of ether oxygens (including phenoxy) is 2. The van der Waals surface area contributed by atoms with Crippen molar-refractivity contribution in [2.45, 2.75) is 67.2 Å². The summed E-state index contributed by atoms with van der Waals surface area (Å²) >= 11 is 0. The van der Waals surface area contributed by atoms with Crippen LogP contribution >= 0.6 is 0 Å². The van der Waals surface area contributed by atoms with Crippen LogP contribution in [0.5, 0.6) is 0 Å². The molecule has 0 N–H and O–H groups in total. The first-order valence-corrected chi connectivity index (χ1v) is 7.69. The number of hydrogen-bond acceptors (Lipinski definition) is 4. The molecule has 0 amide bonds. The predicted octanol–water partition coefficient (Wildman–Crippen LogP) is 3.59. The molecular weight excluding hydrogens is 375 g/mol. The third-order valence-corrected chi connectivity index (χ3v) is 2.43. The van der Waals surface area contributed by atoms with Gasteiger partial charge in [-0.3, -0.25) is 9.59 Å². The van der Waals surface area contributed by atoms with Crippen molar-refractivity contribution in [1.29, 1.82) is 0 Å². The molecule has 124 valence electrons. The first kappa shape index (κ1) is 25.7. The van der Waals surface area contributed by atoms with Gasteiger partial charge in [-0.05, 0) is 12.8 Å². The predicted molar refractivity (Wildman–Crippen MR) is 87.2 cm³/mol. The molecule has 0 rings (SSSR count). The fourth-order valence-electron chi connectivity index (χ4n) is 0.968. The maximum atomic E-state index is 10.8. The van der Waals surface area contributed by atoms with Crippen molar-refractivity contribution >= 4 is 35.8 Å². The van der Waals surface area contributed by atoms with Gasteiger partial charge in [0.2, 0.25) is 0 Å². The van der Waals surface area contributed by atoms with E-state index in [9.17, 15) is 9.59 Å². The molecule has 5 heteroatoms. The summed E-state index contributed by atoms with van der Waals surface area (Å²) in [4.78, 5) is 21.6. The minimum absolute atomic E-state index is 0. The number of carbonyl (C=O) groups excluding carboxylic acids is 2.